The van der Waals surface area contributed by atoms with Crippen molar-refractivity contribution in [2.75, 3.05) is 13.7 Å². The number of rotatable bonds is 7. The van der Waals surface area contributed by atoms with Gasteiger partial charge in [-0.05, 0) is 43.7 Å². The minimum Gasteiger partial charge on any atom is -0.507 e. The molecule has 0 aliphatic carbocycles. The lowest BCUT2D eigenvalue weighted by Gasteiger charge is -2.23. The highest BCUT2D eigenvalue weighted by Crippen LogP contribution is 2.40. The van der Waals surface area contributed by atoms with Crippen LogP contribution in [-0.2, 0) is 16.1 Å². The summed E-state index contributed by atoms with van der Waals surface area (Å²) in [5.74, 6) is -1.82. The predicted molar refractivity (Wildman–Crippen MR) is 112 cm³/mol. The minimum atomic E-state index is -0.920. The van der Waals surface area contributed by atoms with Crippen molar-refractivity contribution in [3.8, 4) is 5.75 Å². The number of ketones is 1. The topological polar surface area (TPSA) is 97.8 Å². The summed E-state index contributed by atoms with van der Waals surface area (Å²) in [4.78, 5) is 31.2. The van der Waals surface area contributed by atoms with Crippen molar-refractivity contribution in [1.82, 2.24) is 14.5 Å². The first-order chi connectivity index (χ1) is 15.4. The number of halogens is 1. The summed E-state index contributed by atoms with van der Waals surface area (Å²) in [5, 5.41) is 10.9. The fourth-order valence-corrected chi connectivity index (χ4v) is 3.82. The van der Waals surface area contributed by atoms with Gasteiger partial charge in [0.25, 0.3) is 11.7 Å². The van der Waals surface area contributed by atoms with E-state index >= 15 is 0 Å². The van der Waals surface area contributed by atoms with Crippen molar-refractivity contribution in [2.45, 2.75) is 25.9 Å². The smallest absolute Gasteiger partial charge is 0.295 e. The van der Waals surface area contributed by atoms with E-state index in [4.69, 9.17) is 9.15 Å². The van der Waals surface area contributed by atoms with Crippen molar-refractivity contribution in [3.05, 3.63) is 77.5 Å². The summed E-state index contributed by atoms with van der Waals surface area (Å²) >= 11 is 0. The number of hydrogen-bond donors (Lipinski definition) is 1. The van der Waals surface area contributed by atoms with E-state index < -0.39 is 29.3 Å². The van der Waals surface area contributed by atoms with Crippen LogP contribution in [0.3, 0.4) is 0 Å². The number of nitrogens with zero attached hydrogens (tertiary/aromatic N) is 3. The van der Waals surface area contributed by atoms with Crippen LogP contribution < -0.4 is 4.74 Å². The first-order valence-electron chi connectivity index (χ1n) is 10.0. The summed E-state index contributed by atoms with van der Waals surface area (Å²) in [5.41, 5.74) is -0.0791. The predicted octanol–water partition coefficient (Wildman–Crippen LogP) is 3.44. The maximum absolute atomic E-state index is 14.2. The number of Topliss-reactive ketones (excluding diaryl/α,β-unsaturated/α-hetero) is 1. The highest BCUT2D eigenvalue weighted by molar-refractivity contribution is 6.46. The molecular weight excluding hydrogens is 417 g/mol. The zero-order valence-electron chi connectivity index (χ0n) is 17.6. The number of hydrogen-bond acceptors (Lipinski definition) is 6. The van der Waals surface area contributed by atoms with Crippen LogP contribution >= 0.6 is 0 Å². The third-order valence-electron chi connectivity index (χ3n) is 5.37. The van der Waals surface area contributed by atoms with Crippen LogP contribution in [0, 0.1) is 12.7 Å². The van der Waals surface area contributed by atoms with E-state index in [0.717, 1.165) is 6.07 Å². The number of ether oxygens (including phenoxy) is 1. The second-order valence-corrected chi connectivity index (χ2v) is 7.44. The molecule has 1 N–H and O–H groups in total. The number of likely N-dealkylation sites (tertiary alicyclic amines) is 1. The van der Waals surface area contributed by atoms with E-state index in [1.807, 2.05) is 4.57 Å². The van der Waals surface area contributed by atoms with Gasteiger partial charge in [-0.3, -0.25) is 9.59 Å². The number of aliphatic hydroxyl groups is 1. The van der Waals surface area contributed by atoms with Gasteiger partial charge in [0.05, 0.1) is 19.0 Å². The van der Waals surface area contributed by atoms with Gasteiger partial charge in [0.15, 0.2) is 11.6 Å². The largest absolute Gasteiger partial charge is 0.507 e. The molecule has 8 nitrogen and oxygen atoms in total. The number of carbonyl (C=O) groups is 2. The zero-order valence-corrected chi connectivity index (χ0v) is 17.6. The average Bonchev–Trinajstić information content (AvgIpc) is 3.50. The molecule has 1 amide bonds. The van der Waals surface area contributed by atoms with Crippen molar-refractivity contribution in [3.63, 3.8) is 0 Å². The van der Waals surface area contributed by atoms with Gasteiger partial charge in [0.1, 0.15) is 23.3 Å². The Bertz CT molecular complexity index is 1180. The molecular formula is C23H22FN3O5. The van der Waals surface area contributed by atoms with Gasteiger partial charge < -0.3 is 23.7 Å². The number of aryl methyl sites for hydroxylation is 2. The monoisotopic (exact) mass is 439 g/mol. The summed E-state index contributed by atoms with van der Waals surface area (Å²) in [6, 6.07) is 6.29. The quantitative estimate of drug-likeness (QED) is 0.344. The normalized spacial score (nSPS) is 17.8. The first-order valence-corrected chi connectivity index (χ1v) is 10.0. The highest BCUT2D eigenvalue weighted by Gasteiger charge is 2.47. The fraction of sp³-hybridized carbons (Fsp3) is 0.261. The van der Waals surface area contributed by atoms with E-state index in [9.17, 15) is 19.1 Å². The van der Waals surface area contributed by atoms with E-state index in [2.05, 4.69) is 4.98 Å². The van der Waals surface area contributed by atoms with E-state index in [0.29, 0.717) is 24.5 Å². The van der Waals surface area contributed by atoms with Gasteiger partial charge in [-0.2, -0.15) is 0 Å². The van der Waals surface area contributed by atoms with Crippen LogP contribution in [0.4, 0.5) is 4.39 Å². The summed E-state index contributed by atoms with van der Waals surface area (Å²) in [6.45, 7) is 2.59. The molecule has 1 saturated heterocycles. The Morgan fingerprint density at radius 1 is 1.25 bits per heavy atom. The van der Waals surface area contributed by atoms with Gasteiger partial charge in [-0.25, -0.2) is 9.37 Å². The number of amides is 1. The lowest BCUT2D eigenvalue weighted by molar-refractivity contribution is -0.140. The molecule has 0 saturated carbocycles. The third kappa shape index (κ3) is 3.89. The Morgan fingerprint density at radius 2 is 2.06 bits per heavy atom. The van der Waals surface area contributed by atoms with Crippen molar-refractivity contribution in [2.24, 2.45) is 0 Å². The lowest BCUT2D eigenvalue weighted by Crippen LogP contribution is -2.31. The number of benzene rings is 1. The third-order valence-corrected chi connectivity index (χ3v) is 5.37. The number of carbonyl (C=O) groups excluding carboxylic acids is 2. The molecule has 1 aliphatic rings. The molecule has 9 heteroatoms. The molecule has 32 heavy (non-hydrogen) atoms. The van der Waals surface area contributed by atoms with Crippen LogP contribution in [0.15, 0.2) is 59.0 Å². The van der Waals surface area contributed by atoms with Gasteiger partial charge in [0.2, 0.25) is 0 Å². The molecule has 4 rings (SSSR count). The molecule has 0 radical (unpaired) electrons. The summed E-state index contributed by atoms with van der Waals surface area (Å²) in [7, 11) is 1.33. The number of aromatic nitrogens is 2. The summed E-state index contributed by atoms with van der Waals surface area (Å²) < 4.78 is 26.7. The van der Waals surface area contributed by atoms with Crippen LogP contribution in [0.25, 0.3) is 5.76 Å². The maximum atomic E-state index is 14.2. The van der Waals surface area contributed by atoms with Crippen molar-refractivity contribution >= 4 is 17.4 Å². The van der Waals surface area contributed by atoms with Crippen LogP contribution in [-0.4, -0.2) is 44.9 Å². The van der Waals surface area contributed by atoms with Crippen LogP contribution in [0.1, 0.15) is 29.5 Å². The molecule has 1 aliphatic heterocycles. The number of furan rings is 1. The Hall–Kier alpha value is -3.88. The van der Waals surface area contributed by atoms with E-state index in [1.165, 1.54) is 24.1 Å². The molecule has 0 spiro atoms. The highest BCUT2D eigenvalue weighted by atomic mass is 19.1. The van der Waals surface area contributed by atoms with E-state index in [-0.39, 0.29) is 23.4 Å². The molecule has 0 unspecified atom stereocenters. The average molecular weight is 439 g/mol. The lowest BCUT2D eigenvalue weighted by atomic mass is 9.99. The molecule has 2 aromatic heterocycles. The number of methoxy groups -OCH3 is 1. The Kier molecular flexibility index (Phi) is 5.81. The summed E-state index contributed by atoms with van der Waals surface area (Å²) in [6.07, 6.45) is 5.68. The van der Waals surface area contributed by atoms with Crippen LogP contribution in [0.5, 0.6) is 5.75 Å². The van der Waals surface area contributed by atoms with Crippen molar-refractivity contribution in [1.29, 1.82) is 0 Å². The molecule has 1 aromatic carbocycles. The van der Waals surface area contributed by atoms with Gasteiger partial charge in [0, 0.05) is 31.0 Å². The number of imidazole rings is 1. The molecule has 1 atom stereocenters. The molecule has 166 valence electrons. The Balaban J connectivity index is 1.72. The molecule has 1 fully saturated rings. The molecule has 0 bridgehead atoms. The second-order valence-electron chi connectivity index (χ2n) is 7.44. The first kappa shape index (κ1) is 21.4. The van der Waals surface area contributed by atoms with E-state index in [1.54, 1.807) is 37.8 Å². The van der Waals surface area contributed by atoms with Crippen molar-refractivity contribution < 1.29 is 28.2 Å². The van der Waals surface area contributed by atoms with Gasteiger partial charge >= 0.3 is 0 Å². The number of aliphatic hydroxyl groups excluding tert-OH is 1. The van der Waals surface area contributed by atoms with Gasteiger partial charge in [-0.15, -0.1) is 0 Å². The van der Waals surface area contributed by atoms with Crippen LogP contribution in [0.2, 0.25) is 0 Å². The fourth-order valence-electron chi connectivity index (χ4n) is 3.82. The Morgan fingerprint density at radius 3 is 2.69 bits per heavy atom. The molecule has 3 aromatic rings. The zero-order chi connectivity index (χ0) is 22.8. The minimum absolute atomic E-state index is 0.000266. The second kappa shape index (κ2) is 8.70. The van der Waals surface area contributed by atoms with Gasteiger partial charge in [-0.1, -0.05) is 0 Å². The standard InChI is InChI=1S/C23H22FN3O5/c1-14-4-6-18(32-14)20-19(21(28)15-5-7-17(31-2)16(24)12-15)22(29)23(30)27(20)10-3-9-26-11-8-25-13-26/h4-8,11-13,20,28H,3,9-10H2,1-2H3/t20-/m1/s1. The SMILES string of the molecule is COc1ccc(C(O)=C2C(=O)C(=O)N(CCCn3ccnc3)[C@@H]2c2ccc(C)o2)cc1F. The Labute approximate surface area is 183 Å². The maximum Gasteiger partial charge on any atom is 0.295 e. The molecule has 3 heterocycles.